The van der Waals surface area contributed by atoms with Gasteiger partial charge in [0.1, 0.15) is 11.6 Å². The molecule has 0 saturated heterocycles. The highest BCUT2D eigenvalue weighted by Crippen LogP contribution is 2.38. The first-order valence-corrected chi connectivity index (χ1v) is 16.2. The molecule has 8 nitrogen and oxygen atoms in total. The molecule has 0 aliphatic rings. The maximum Gasteiger partial charge on any atom is 0.250 e. The van der Waals surface area contributed by atoms with Gasteiger partial charge in [0.15, 0.2) is 5.78 Å². The molecule has 0 bridgehead atoms. The Morgan fingerprint density at radius 1 is 1.12 bits per heavy atom. The Hall–Kier alpha value is -2.70. The Kier molecular flexibility index (Phi) is 11.0. The second-order valence-corrected chi connectivity index (χ2v) is 13.0. The number of benzene rings is 2. The lowest BCUT2D eigenvalue weighted by molar-refractivity contribution is 0.103. The number of anilines is 1. The van der Waals surface area contributed by atoms with Crippen LogP contribution in [-0.2, 0) is 28.4 Å². The maximum atomic E-state index is 13.7. The quantitative estimate of drug-likeness (QED) is 0.199. The van der Waals surface area contributed by atoms with Crippen LogP contribution in [0.2, 0.25) is 5.02 Å². The van der Waals surface area contributed by atoms with Gasteiger partial charge in [-0.3, -0.25) is 14.3 Å². The molecular formula is C28H33ClFN3O5S2. The van der Waals surface area contributed by atoms with Crippen molar-refractivity contribution in [2.75, 3.05) is 16.2 Å². The summed E-state index contributed by atoms with van der Waals surface area (Å²) in [5, 5.41) is -0.0107. The van der Waals surface area contributed by atoms with E-state index < -0.39 is 39.0 Å². The van der Waals surface area contributed by atoms with Crippen LogP contribution in [0.4, 0.5) is 10.1 Å². The minimum atomic E-state index is -3.72. The molecule has 0 radical (unpaired) electrons. The molecule has 3 aromatic rings. The molecule has 12 heteroatoms. The van der Waals surface area contributed by atoms with E-state index in [0.29, 0.717) is 28.9 Å². The summed E-state index contributed by atoms with van der Waals surface area (Å²) in [4.78, 5) is 26.5. The van der Waals surface area contributed by atoms with E-state index in [4.69, 9.17) is 11.6 Å². The highest BCUT2D eigenvalue weighted by atomic mass is 35.5. The molecule has 0 unspecified atom stereocenters. The van der Waals surface area contributed by atoms with Gasteiger partial charge in [0.05, 0.1) is 22.5 Å². The average Bonchev–Trinajstić information content (AvgIpc) is 2.92. The van der Waals surface area contributed by atoms with Crippen LogP contribution in [0, 0.1) is 5.82 Å². The molecule has 0 fully saturated rings. The molecule has 0 saturated carbocycles. The van der Waals surface area contributed by atoms with Gasteiger partial charge in [0.25, 0.3) is 5.56 Å². The van der Waals surface area contributed by atoms with E-state index >= 15 is 0 Å². The summed E-state index contributed by atoms with van der Waals surface area (Å²) < 4.78 is 58.0. The van der Waals surface area contributed by atoms with Crippen LogP contribution in [0.3, 0.4) is 0 Å². The first-order valence-electron chi connectivity index (χ1n) is 12.9. The lowest BCUT2D eigenvalue weighted by atomic mass is 9.89. The summed E-state index contributed by atoms with van der Waals surface area (Å²) >= 11 is 5.10. The van der Waals surface area contributed by atoms with Gasteiger partial charge < -0.3 is 9.12 Å². The highest BCUT2D eigenvalue weighted by Gasteiger charge is 2.26. The standard InChI is InChI=1S/C28H33ClFN3O5S2/c1-5-8-13-39(36)31-25(6-2)21-16-27(34)33(4)17-23(21)20-15-26(32-40(37,38)7-3)24(29)14-22(20)28(35)18-9-11-19(30)12-10-18/h9-12,14-17,25,31-32H,5-8,13H2,1-4H3/t25-,39-/m0/s1. The fraction of sp³-hybridized carbons (Fsp3) is 0.357. The van der Waals surface area contributed by atoms with Crippen molar-refractivity contribution < 1.29 is 22.2 Å². The Balaban J connectivity index is 2.30. The second-order valence-electron chi connectivity index (χ2n) is 9.29. The summed E-state index contributed by atoms with van der Waals surface area (Å²) in [6.45, 7) is 5.35. The average molecular weight is 610 g/mol. The number of carbonyl (C=O) groups excluding carboxylic acids is 1. The van der Waals surface area contributed by atoms with Crippen LogP contribution >= 0.6 is 11.6 Å². The van der Waals surface area contributed by atoms with Crippen molar-refractivity contribution in [2.24, 2.45) is 7.05 Å². The van der Waals surface area contributed by atoms with Crippen LogP contribution in [-0.4, -0.2) is 34.8 Å². The third-order valence-electron chi connectivity index (χ3n) is 6.39. The molecule has 0 aliphatic heterocycles. The Morgan fingerprint density at radius 3 is 2.40 bits per heavy atom. The van der Waals surface area contributed by atoms with Gasteiger partial charge in [-0.05, 0) is 67.3 Å². The molecule has 40 heavy (non-hydrogen) atoms. The van der Waals surface area contributed by atoms with E-state index in [1.165, 1.54) is 54.0 Å². The van der Waals surface area contributed by atoms with E-state index in [1.807, 2.05) is 13.8 Å². The van der Waals surface area contributed by atoms with Crippen LogP contribution in [0.5, 0.6) is 0 Å². The van der Waals surface area contributed by atoms with Crippen molar-refractivity contribution in [3.63, 3.8) is 0 Å². The van der Waals surface area contributed by atoms with Gasteiger partial charge in [0, 0.05) is 47.4 Å². The third-order valence-corrected chi connectivity index (χ3v) is 9.21. The molecule has 1 aromatic heterocycles. The molecule has 0 spiro atoms. The van der Waals surface area contributed by atoms with Gasteiger partial charge in [-0.15, -0.1) is 4.72 Å². The molecule has 2 atom stereocenters. The summed E-state index contributed by atoms with van der Waals surface area (Å²) in [7, 11) is -2.17. The number of sulfonamides is 1. The summed E-state index contributed by atoms with van der Waals surface area (Å²) in [5.74, 6) is -0.752. The normalized spacial score (nSPS) is 13.2. The Labute approximate surface area is 242 Å². The Morgan fingerprint density at radius 2 is 1.80 bits per heavy atom. The van der Waals surface area contributed by atoms with E-state index in [2.05, 4.69) is 9.44 Å². The lowest BCUT2D eigenvalue weighted by Gasteiger charge is -2.23. The zero-order chi connectivity index (χ0) is 29.6. The van der Waals surface area contributed by atoms with Gasteiger partial charge in [-0.25, -0.2) is 12.8 Å². The maximum absolute atomic E-state index is 13.7. The fourth-order valence-corrected chi connectivity index (χ4v) is 6.27. The number of unbranched alkanes of at least 4 members (excludes halogenated alkanes) is 1. The number of nitrogens with one attached hydrogen (secondary N) is 2. The van der Waals surface area contributed by atoms with Crippen LogP contribution in [0.25, 0.3) is 11.1 Å². The van der Waals surface area contributed by atoms with Crippen LogP contribution < -0.4 is 15.0 Å². The van der Waals surface area contributed by atoms with Crippen molar-refractivity contribution >= 4 is 44.5 Å². The van der Waals surface area contributed by atoms with Gasteiger partial charge in [-0.1, -0.05) is 31.9 Å². The first kappa shape index (κ1) is 31.8. The molecule has 0 aliphatic carbocycles. The number of aryl methyl sites for hydroxylation is 1. The smallest absolute Gasteiger partial charge is 0.250 e. The number of ketones is 1. The lowest BCUT2D eigenvalue weighted by Crippen LogP contribution is -2.32. The van der Waals surface area contributed by atoms with Gasteiger partial charge >= 0.3 is 0 Å². The number of halogens is 2. The SMILES string of the molecule is CCCC[S@+]([O-])N[C@@H](CC)c1cc(=O)n(C)cc1-c1cc(NS(=O)(=O)CC)c(Cl)cc1C(=O)c1ccc(F)cc1. The molecule has 2 aromatic carbocycles. The topological polar surface area (TPSA) is 120 Å². The number of rotatable bonds is 13. The van der Waals surface area contributed by atoms with Crippen molar-refractivity contribution in [3.8, 4) is 11.1 Å². The minimum Gasteiger partial charge on any atom is -0.598 e. The number of carbonyl (C=O) groups is 1. The number of pyridine rings is 1. The number of hydrogen-bond acceptors (Lipinski definition) is 6. The Bertz CT molecular complexity index is 1530. The van der Waals surface area contributed by atoms with Gasteiger partial charge in [-0.2, -0.15) is 0 Å². The van der Waals surface area contributed by atoms with Crippen molar-refractivity contribution in [1.29, 1.82) is 0 Å². The van der Waals surface area contributed by atoms with E-state index in [1.54, 1.807) is 13.2 Å². The number of nitrogens with zero attached hydrogens (tertiary/aromatic N) is 1. The van der Waals surface area contributed by atoms with E-state index in [9.17, 15) is 27.0 Å². The summed E-state index contributed by atoms with van der Waals surface area (Å²) in [6, 6.07) is 8.74. The van der Waals surface area contributed by atoms with Crippen LogP contribution in [0.1, 0.15) is 67.6 Å². The monoisotopic (exact) mass is 609 g/mol. The largest absolute Gasteiger partial charge is 0.598 e. The predicted molar refractivity (Wildman–Crippen MR) is 159 cm³/mol. The first-order chi connectivity index (χ1) is 18.9. The highest BCUT2D eigenvalue weighted by molar-refractivity contribution is 7.92. The van der Waals surface area contributed by atoms with E-state index in [-0.39, 0.29) is 33.1 Å². The zero-order valence-electron chi connectivity index (χ0n) is 22.8. The summed E-state index contributed by atoms with van der Waals surface area (Å²) in [6.07, 6.45) is 3.66. The van der Waals surface area contributed by atoms with Crippen molar-refractivity contribution in [3.05, 3.63) is 86.5 Å². The summed E-state index contributed by atoms with van der Waals surface area (Å²) in [5.41, 5.74) is 1.31. The molecule has 2 N–H and O–H groups in total. The van der Waals surface area contributed by atoms with Crippen molar-refractivity contribution in [1.82, 2.24) is 9.29 Å². The molecule has 216 valence electrons. The minimum absolute atomic E-state index is 0.0107. The molecule has 0 amide bonds. The van der Waals surface area contributed by atoms with Crippen molar-refractivity contribution in [2.45, 2.75) is 46.1 Å². The van der Waals surface area contributed by atoms with E-state index in [0.717, 1.165) is 12.8 Å². The number of aromatic nitrogens is 1. The van der Waals surface area contributed by atoms with Gasteiger partial charge in [0.2, 0.25) is 10.0 Å². The third kappa shape index (κ3) is 7.73. The molecule has 1 heterocycles. The number of hydrogen-bond donors (Lipinski definition) is 2. The molecular weight excluding hydrogens is 577 g/mol. The zero-order valence-corrected chi connectivity index (χ0v) is 25.2. The molecule has 3 rings (SSSR count). The fourth-order valence-electron chi connectivity index (χ4n) is 4.08. The second kappa shape index (κ2) is 13.8. The predicted octanol–water partition coefficient (Wildman–Crippen LogP) is 5.34. The van der Waals surface area contributed by atoms with Crippen LogP contribution in [0.15, 0.2) is 53.5 Å².